The van der Waals surface area contributed by atoms with E-state index in [1.807, 2.05) is 36.4 Å². The molecule has 1 fully saturated rings. The van der Waals surface area contributed by atoms with Crippen molar-refractivity contribution in [2.45, 2.75) is 12.8 Å². The van der Waals surface area contributed by atoms with Crippen LogP contribution in [-0.4, -0.2) is 45.9 Å². The number of methoxy groups -OCH3 is 1. The summed E-state index contributed by atoms with van der Waals surface area (Å²) in [7, 11) is 1.66. The number of anilines is 1. The van der Waals surface area contributed by atoms with Crippen LogP contribution in [-0.2, 0) is 11.2 Å². The van der Waals surface area contributed by atoms with Gasteiger partial charge in [-0.1, -0.05) is 12.1 Å². The molecule has 0 atom stereocenters. The first kappa shape index (κ1) is 18.3. The van der Waals surface area contributed by atoms with Crippen molar-refractivity contribution >= 4 is 11.6 Å². The smallest absolute Gasteiger partial charge is 0.251 e. The Morgan fingerprint density at radius 3 is 2.42 bits per heavy atom. The molecule has 5 heteroatoms. The third kappa shape index (κ3) is 4.99. The molecule has 1 heterocycles. The second-order valence-electron chi connectivity index (χ2n) is 6.35. The van der Waals surface area contributed by atoms with E-state index in [0.29, 0.717) is 12.1 Å². The highest BCUT2D eigenvalue weighted by atomic mass is 16.5. The molecule has 0 spiro atoms. The summed E-state index contributed by atoms with van der Waals surface area (Å²) >= 11 is 0. The van der Waals surface area contributed by atoms with Gasteiger partial charge in [-0.15, -0.1) is 0 Å². The van der Waals surface area contributed by atoms with Crippen molar-refractivity contribution in [1.82, 2.24) is 5.32 Å². The fourth-order valence-corrected chi connectivity index (χ4v) is 3.03. The van der Waals surface area contributed by atoms with Gasteiger partial charge in [-0.3, -0.25) is 4.79 Å². The topological polar surface area (TPSA) is 50.8 Å². The summed E-state index contributed by atoms with van der Waals surface area (Å²) in [6.07, 6.45) is 1.84. The highest BCUT2D eigenvalue weighted by Gasteiger charge is 2.12. The minimum atomic E-state index is -0.0201. The van der Waals surface area contributed by atoms with Crippen molar-refractivity contribution < 1.29 is 14.3 Å². The number of carbonyl (C=O) groups is 1. The van der Waals surface area contributed by atoms with Gasteiger partial charge in [0.15, 0.2) is 0 Å². The molecule has 2 aromatic rings. The first-order valence-electron chi connectivity index (χ1n) is 9.10. The molecule has 1 N–H and O–H groups in total. The molecule has 0 bridgehead atoms. The number of hydrogen-bond donors (Lipinski definition) is 1. The quantitative estimate of drug-likeness (QED) is 0.777. The molecule has 1 aliphatic rings. The summed E-state index contributed by atoms with van der Waals surface area (Å²) in [5.41, 5.74) is 3.09. The molecular weight excluding hydrogens is 328 g/mol. The van der Waals surface area contributed by atoms with Gasteiger partial charge in [0, 0.05) is 30.9 Å². The third-order valence-electron chi connectivity index (χ3n) is 4.59. The molecule has 3 rings (SSSR count). The summed E-state index contributed by atoms with van der Waals surface area (Å²) in [5.74, 6) is 0.843. The van der Waals surface area contributed by atoms with Gasteiger partial charge >= 0.3 is 0 Å². The van der Waals surface area contributed by atoms with Crippen LogP contribution in [0.2, 0.25) is 0 Å². The van der Waals surface area contributed by atoms with Crippen molar-refractivity contribution in [3.05, 3.63) is 59.7 Å². The number of rotatable bonds is 7. The van der Waals surface area contributed by atoms with E-state index in [0.717, 1.165) is 50.6 Å². The number of benzene rings is 2. The average Bonchev–Trinajstić information content (AvgIpc) is 2.72. The van der Waals surface area contributed by atoms with Crippen molar-refractivity contribution in [2.24, 2.45) is 0 Å². The molecule has 0 saturated carbocycles. The summed E-state index contributed by atoms with van der Waals surface area (Å²) in [6.45, 7) is 3.98. The number of nitrogens with zero attached hydrogens (tertiary/aromatic N) is 1. The van der Waals surface area contributed by atoms with Crippen molar-refractivity contribution in [2.75, 3.05) is 44.9 Å². The van der Waals surface area contributed by atoms with E-state index in [-0.39, 0.29) is 5.91 Å². The van der Waals surface area contributed by atoms with Crippen LogP contribution in [0.3, 0.4) is 0 Å². The normalized spacial score (nSPS) is 14.1. The molecule has 1 saturated heterocycles. The summed E-state index contributed by atoms with van der Waals surface area (Å²) in [4.78, 5) is 14.5. The van der Waals surface area contributed by atoms with Crippen LogP contribution in [0.15, 0.2) is 48.5 Å². The number of nitrogens with one attached hydrogen (secondary N) is 1. The van der Waals surface area contributed by atoms with Gasteiger partial charge in [0.2, 0.25) is 0 Å². The monoisotopic (exact) mass is 354 g/mol. The Balaban J connectivity index is 1.42. The van der Waals surface area contributed by atoms with E-state index in [9.17, 15) is 4.79 Å². The van der Waals surface area contributed by atoms with Gasteiger partial charge in [-0.25, -0.2) is 0 Å². The standard InChI is InChI=1S/C21H26N2O3/c1-25-20-10-4-17(5-11-20)3-2-12-22-21(24)18-6-8-19(9-7-18)23-13-15-26-16-14-23/h4-11H,2-3,12-16H2,1H3,(H,22,24). The lowest BCUT2D eigenvalue weighted by Crippen LogP contribution is -2.36. The number of ether oxygens (including phenoxy) is 2. The van der Waals surface area contributed by atoms with E-state index < -0.39 is 0 Å². The number of carbonyl (C=O) groups excluding carboxylic acids is 1. The Labute approximate surface area is 154 Å². The minimum absolute atomic E-state index is 0.0201. The first-order valence-corrected chi connectivity index (χ1v) is 9.10. The van der Waals surface area contributed by atoms with Crippen LogP contribution in [0.5, 0.6) is 5.75 Å². The van der Waals surface area contributed by atoms with E-state index in [1.54, 1.807) is 7.11 Å². The summed E-state index contributed by atoms with van der Waals surface area (Å²) in [6, 6.07) is 15.9. The Hall–Kier alpha value is -2.53. The maximum Gasteiger partial charge on any atom is 0.251 e. The van der Waals surface area contributed by atoms with Gasteiger partial charge < -0.3 is 19.7 Å². The van der Waals surface area contributed by atoms with Gasteiger partial charge in [0.05, 0.1) is 20.3 Å². The lowest BCUT2D eigenvalue weighted by Gasteiger charge is -2.28. The Morgan fingerprint density at radius 2 is 1.77 bits per heavy atom. The van der Waals surface area contributed by atoms with E-state index in [1.165, 1.54) is 5.56 Å². The Bertz CT molecular complexity index is 692. The maximum absolute atomic E-state index is 12.3. The molecule has 26 heavy (non-hydrogen) atoms. The molecule has 138 valence electrons. The van der Waals surface area contributed by atoms with Crippen molar-refractivity contribution in [3.63, 3.8) is 0 Å². The van der Waals surface area contributed by atoms with Gasteiger partial charge in [0.1, 0.15) is 5.75 Å². The van der Waals surface area contributed by atoms with Crippen LogP contribution in [0.1, 0.15) is 22.3 Å². The van der Waals surface area contributed by atoms with E-state index in [4.69, 9.17) is 9.47 Å². The molecule has 0 aliphatic carbocycles. The van der Waals surface area contributed by atoms with Crippen LogP contribution in [0.4, 0.5) is 5.69 Å². The molecule has 2 aromatic carbocycles. The zero-order valence-corrected chi connectivity index (χ0v) is 15.2. The van der Waals surface area contributed by atoms with Crippen molar-refractivity contribution in [1.29, 1.82) is 0 Å². The summed E-state index contributed by atoms with van der Waals surface area (Å²) < 4.78 is 10.5. The number of morpholine rings is 1. The molecule has 0 aromatic heterocycles. The lowest BCUT2D eigenvalue weighted by atomic mass is 10.1. The molecule has 1 aliphatic heterocycles. The number of hydrogen-bond acceptors (Lipinski definition) is 4. The minimum Gasteiger partial charge on any atom is -0.497 e. The molecule has 1 amide bonds. The molecule has 0 radical (unpaired) electrons. The van der Waals surface area contributed by atoms with Crippen LogP contribution >= 0.6 is 0 Å². The number of amides is 1. The predicted molar refractivity (Wildman–Crippen MR) is 103 cm³/mol. The Morgan fingerprint density at radius 1 is 1.08 bits per heavy atom. The molecular formula is C21H26N2O3. The maximum atomic E-state index is 12.3. The third-order valence-corrected chi connectivity index (χ3v) is 4.59. The number of aryl methyl sites for hydroxylation is 1. The van der Waals surface area contributed by atoms with Crippen LogP contribution in [0, 0.1) is 0 Å². The average molecular weight is 354 g/mol. The SMILES string of the molecule is COc1ccc(CCCNC(=O)c2ccc(N3CCOCC3)cc2)cc1. The van der Waals surface area contributed by atoms with Gasteiger partial charge in [-0.2, -0.15) is 0 Å². The Kier molecular flexibility index (Phi) is 6.50. The fourth-order valence-electron chi connectivity index (χ4n) is 3.03. The summed E-state index contributed by atoms with van der Waals surface area (Å²) in [5, 5.41) is 2.99. The van der Waals surface area contributed by atoms with E-state index >= 15 is 0 Å². The fraction of sp³-hybridized carbons (Fsp3) is 0.381. The second kappa shape index (κ2) is 9.25. The van der Waals surface area contributed by atoms with Gasteiger partial charge in [0.25, 0.3) is 5.91 Å². The predicted octanol–water partition coefficient (Wildman–Crippen LogP) is 2.89. The van der Waals surface area contributed by atoms with Crippen molar-refractivity contribution in [3.8, 4) is 5.75 Å². The van der Waals surface area contributed by atoms with Crippen LogP contribution < -0.4 is 15.0 Å². The van der Waals surface area contributed by atoms with Crippen LogP contribution in [0.25, 0.3) is 0 Å². The highest BCUT2D eigenvalue weighted by Crippen LogP contribution is 2.17. The highest BCUT2D eigenvalue weighted by molar-refractivity contribution is 5.94. The zero-order chi connectivity index (χ0) is 18.2. The van der Waals surface area contributed by atoms with Gasteiger partial charge in [-0.05, 0) is 54.8 Å². The lowest BCUT2D eigenvalue weighted by molar-refractivity contribution is 0.0953. The first-order chi connectivity index (χ1) is 12.8. The van der Waals surface area contributed by atoms with E-state index in [2.05, 4.69) is 22.3 Å². The zero-order valence-electron chi connectivity index (χ0n) is 15.2. The largest absolute Gasteiger partial charge is 0.497 e. The molecule has 5 nitrogen and oxygen atoms in total. The molecule has 0 unspecified atom stereocenters. The second-order valence-corrected chi connectivity index (χ2v) is 6.35.